The standard InChI is InChI=1S/C15H22ClNO2S/c1-12(14-7-9-15(16)10-8-14)17-20(18,19)11-13-5-3-2-4-6-13/h7-10,12-13,17H,2-6,11H2,1H3/t12-/m0/s1. The second-order valence-corrected chi connectivity index (χ2v) is 7.91. The van der Waals surface area contributed by atoms with Crippen LogP contribution in [-0.4, -0.2) is 14.2 Å². The first-order chi connectivity index (χ1) is 9.46. The maximum Gasteiger partial charge on any atom is 0.212 e. The molecule has 1 aliphatic rings. The fourth-order valence-corrected chi connectivity index (χ4v) is 4.65. The average Bonchev–Trinajstić information content (AvgIpc) is 2.39. The Morgan fingerprint density at radius 2 is 1.80 bits per heavy atom. The first kappa shape index (κ1) is 15.8. The molecule has 0 saturated heterocycles. The van der Waals surface area contributed by atoms with Crippen LogP contribution in [0.15, 0.2) is 24.3 Å². The third kappa shape index (κ3) is 4.76. The normalized spacial score (nSPS) is 18.9. The van der Waals surface area contributed by atoms with Crippen LogP contribution in [0, 0.1) is 5.92 Å². The molecule has 1 N–H and O–H groups in total. The van der Waals surface area contributed by atoms with Gasteiger partial charge in [-0.3, -0.25) is 0 Å². The van der Waals surface area contributed by atoms with Crippen molar-refractivity contribution in [2.75, 3.05) is 5.75 Å². The summed E-state index contributed by atoms with van der Waals surface area (Å²) in [6.45, 7) is 1.86. The van der Waals surface area contributed by atoms with Crippen molar-refractivity contribution >= 4 is 21.6 Å². The summed E-state index contributed by atoms with van der Waals surface area (Å²) >= 11 is 5.84. The Balaban J connectivity index is 1.94. The van der Waals surface area contributed by atoms with Crippen LogP contribution in [0.2, 0.25) is 5.02 Å². The lowest BCUT2D eigenvalue weighted by Crippen LogP contribution is -2.32. The number of benzene rings is 1. The second kappa shape index (κ2) is 6.92. The summed E-state index contributed by atoms with van der Waals surface area (Å²) in [6.07, 6.45) is 5.64. The van der Waals surface area contributed by atoms with Crippen molar-refractivity contribution in [3.05, 3.63) is 34.9 Å². The third-order valence-electron chi connectivity index (χ3n) is 3.91. The molecule has 1 fully saturated rings. The fraction of sp³-hybridized carbons (Fsp3) is 0.600. The molecule has 0 heterocycles. The number of hydrogen-bond acceptors (Lipinski definition) is 2. The van der Waals surface area contributed by atoms with Crippen molar-refractivity contribution in [3.63, 3.8) is 0 Å². The van der Waals surface area contributed by atoms with Gasteiger partial charge in [0.1, 0.15) is 0 Å². The minimum atomic E-state index is -3.22. The Labute approximate surface area is 126 Å². The van der Waals surface area contributed by atoms with Gasteiger partial charge in [0.05, 0.1) is 5.75 Å². The molecule has 0 bridgehead atoms. The quantitative estimate of drug-likeness (QED) is 0.895. The van der Waals surface area contributed by atoms with Crippen LogP contribution in [0.4, 0.5) is 0 Å². The minimum absolute atomic E-state index is 0.221. The van der Waals surface area contributed by atoms with Crippen LogP contribution in [0.1, 0.15) is 50.6 Å². The molecule has 3 nitrogen and oxygen atoms in total. The molecule has 1 aliphatic carbocycles. The molecule has 20 heavy (non-hydrogen) atoms. The smallest absolute Gasteiger partial charge is 0.212 e. The van der Waals surface area contributed by atoms with E-state index in [9.17, 15) is 8.42 Å². The molecule has 0 amide bonds. The van der Waals surface area contributed by atoms with E-state index in [1.165, 1.54) is 6.42 Å². The van der Waals surface area contributed by atoms with Gasteiger partial charge in [-0.15, -0.1) is 0 Å². The van der Waals surface area contributed by atoms with Crippen LogP contribution in [0.25, 0.3) is 0 Å². The van der Waals surface area contributed by atoms with E-state index in [0.717, 1.165) is 31.2 Å². The first-order valence-corrected chi connectivity index (χ1v) is 9.25. The molecule has 112 valence electrons. The first-order valence-electron chi connectivity index (χ1n) is 7.22. The van der Waals surface area contributed by atoms with Gasteiger partial charge in [0.25, 0.3) is 0 Å². The molecule has 5 heteroatoms. The highest BCUT2D eigenvalue weighted by molar-refractivity contribution is 7.89. The van der Waals surface area contributed by atoms with E-state index in [1.54, 1.807) is 12.1 Å². The highest BCUT2D eigenvalue weighted by Crippen LogP contribution is 2.25. The second-order valence-electron chi connectivity index (χ2n) is 5.68. The van der Waals surface area contributed by atoms with Gasteiger partial charge in [-0.05, 0) is 43.4 Å². The van der Waals surface area contributed by atoms with Gasteiger partial charge in [0.2, 0.25) is 10.0 Å². The summed E-state index contributed by atoms with van der Waals surface area (Å²) in [5, 5.41) is 0.658. The van der Waals surface area contributed by atoms with Gasteiger partial charge in [0.15, 0.2) is 0 Å². The lowest BCUT2D eigenvalue weighted by atomic mass is 9.91. The minimum Gasteiger partial charge on any atom is -0.212 e. The summed E-state index contributed by atoms with van der Waals surface area (Å²) in [4.78, 5) is 0. The molecule has 1 atom stereocenters. The zero-order valence-corrected chi connectivity index (χ0v) is 13.4. The molecule has 0 aromatic heterocycles. The zero-order valence-electron chi connectivity index (χ0n) is 11.8. The van der Waals surface area contributed by atoms with Gasteiger partial charge >= 0.3 is 0 Å². The van der Waals surface area contributed by atoms with E-state index in [-0.39, 0.29) is 11.8 Å². The Morgan fingerprint density at radius 3 is 2.40 bits per heavy atom. The van der Waals surface area contributed by atoms with E-state index < -0.39 is 10.0 Å². The SMILES string of the molecule is C[C@H](NS(=O)(=O)CC1CCCCC1)c1ccc(Cl)cc1. The Morgan fingerprint density at radius 1 is 1.20 bits per heavy atom. The molecule has 0 radical (unpaired) electrons. The Hall–Kier alpha value is -0.580. The van der Waals surface area contributed by atoms with Crippen molar-refractivity contribution in [1.82, 2.24) is 4.72 Å². The molecular weight excluding hydrogens is 294 g/mol. The predicted molar refractivity (Wildman–Crippen MR) is 83.4 cm³/mol. The van der Waals surface area contributed by atoms with Gasteiger partial charge in [-0.1, -0.05) is 43.0 Å². The lowest BCUT2D eigenvalue weighted by Gasteiger charge is -2.22. The maximum atomic E-state index is 12.2. The van der Waals surface area contributed by atoms with Crippen molar-refractivity contribution in [2.24, 2.45) is 5.92 Å². The largest absolute Gasteiger partial charge is 0.212 e. The van der Waals surface area contributed by atoms with Gasteiger partial charge in [-0.2, -0.15) is 0 Å². The van der Waals surface area contributed by atoms with Crippen LogP contribution >= 0.6 is 11.6 Å². The number of rotatable bonds is 5. The van der Waals surface area contributed by atoms with Crippen LogP contribution in [-0.2, 0) is 10.0 Å². The van der Waals surface area contributed by atoms with E-state index >= 15 is 0 Å². The number of nitrogens with one attached hydrogen (secondary N) is 1. The van der Waals surface area contributed by atoms with E-state index in [4.69, 9.17) is 11.6 Å². The summed E-state index contributed by atoms with van der Waals surface area (Å²) in [7, 11) is -3.22. The zero-order chi connectivity index (χ0) is 14.6. The maximum absolute atomic E-state index is 12.2. The summed E-state index contributed by atoms with van der Waals surface area (Å²) in [5.74, 6) is 0.573. The Kier molecular flexibility index (Phi) is 5.47. The molecule has 1 aromatic carbocycles. The van der Waals surface area contributed by atoms with Gasteiger partial charge in [-0.25, -0.2) is 13.1 Å². The highest BCUT2D eigenvalue weighted by atomic mass is 35.5. The number of halogens is 1. The summed E-state index contributed by atoms with van der Waals surface area (Å²) < 4.78 is 27.2. The fourth-order valence-electron chi connectivity index (χ4n) is 2.80. The number of sulfonamides is 1. The molecule has 1 aromatic rings. The monoisotopic (exact) mass is 315 g/mol. The molecular formula is C15H22ClNO2S. The molecule has 0 spiro atoms. The van der Waals surface area contributed by atoms with Crippen molar-refractivity contribution in [2.45, 2.75) is 45.1 Å². The van der Waals surface area contributed by atoms with Crippen LogP contribution in [0.5, 0.6) is 0 Å². The van der Waals surface area contributed by atoms with Crippen LogP contribution < -0.4 is 4.72 Å². The lowest BCUT2D eigenvalue weighted by molar-refractivity contribution is 0.383. The molecule has 1 saturated carbocycles. The van der Waals surface area contributed by atoms with Crippen molar-refractivity contribution < 1.29 is 8.42 Å². The van der Waals surface area contributed by atoms with E-state index in [0.29, 0.717) is 10.9 Å². The molecule has 2 rings (SSSR count). The van der Waals surface area contributed by atoms with E-state index in [1.807, 2.05) is 19.1 Å². The predicted octanol–water partition coefficient (Wildman–Crippen LogP) is 3.90. The van der Waals surface area contributed by atoms with Crippen molar-refractivity contribution in [1.29, 1.82) is 0 Å². The topological polar surface area (TPSA) is 46.2 Å². The van der Waals surface area contributed by atoms with Crippen LogP contribution in [0.3, 0.4) is 0 Å². The van der Waals surface area contributed by atoms with Gasteiger partial charge < -0.3 is 0 Å². The highest BCUT2D eigenvalue weighted by Gasteiger charge is 2.23. The molecule has 0 aliphatic heterocycles. The van der Waals surface area contributed by atoms with Crippen molar-refractivity contribution in [3.8, 4) is 0 Å². The molecule has 0 unspecified atom stereocenters. The average molecular weight is 316 g/mol. The Bertz CT molecular complexity index is 521. The third-order valence-corrected chi connectivity index (χ3v) is 5.78. The number of hydrogen-bond donors (Lipinski definition) is 1. The van der Waals surface area contributed by atoms with Gasteiger partial charge in [0, 0.05) is 11.1 Å². The van der Waals surface area contributed by atoms with E-state index in [2.05, 4.69) is 4.72 Å². The summed E-state index contributed by atoms with van der Waals surface area (Å²) in [5.41, 5.74) is 0.932. The summed E-state index contributed by atoms with van der Waals surface area (Å²) in [6, 6.07) is 7.05.